The maximum absolute atomic E-state index is 13.0. The SMILES string of the molecule is CN(C(=O)c1cnc2c(c1)c(C1CC1)nn2-c1ccccc1)c1ccccc1. The van der Waals surface area contributed by atoms with Gasteiger partial charge in [0.1, 0.15) is 0 Å². The molecule has 2 heterocycles. The van der Waals surface area contributed by atoms with E-state index in [1.54, 1.807) is 18.1 Å². The molecule has 1 aliphatic rings. The standard InChI is InChI=1S/C23H20N4O/c1-26(18-8-4-2-5-9-18)23(28)17-14-20-21(16-12-13-16)25-27(22(20)24-15-17)19-10-6-3-7-11-19/h2-11,14-16H,12-13H2,1H3. The van der Waals surface area contributed by atoms with Crippen molar-refractivity contribution in [2.75, 3.05) is 11.9 Å². The average molecular weight is 368 g/mol. The highest BCUT2D eigenvalue weighted by atomic mass is 16.2. The lowest BCUT2D eigenvalue weighted by molar-refractivity contribution is 0.0993. The number of pyridine rings is 1. The second-order valence-corrected chi connectivity index (χ2v) is 7.20. The van der Waals surface area contributed by atoms with E-state index in [0.717, 1.165) is 40.9 Å². The lowest BCUT2D eigenvalue weighted by Crippen LogP contribution is -2.26. The van der Waals surface area contributed by atoms with E-state index in [-0.39, 0.29) is 5.91 Å². The summed E-state index contributed by atoms with van der Waals surface area (Å²) in [7, 11) is 1.79. The molecule has 0 bridgehead atoms. The fourth-order valence-electron chi connectivity index (χ4n) is 3.51. The van der Waals surface area contributed by atoms with Crippen molar-refractivity contribution < 1.29 is 4.79 Å². The number of amides is 1. The number of carbonyl (C=O) groups is 1. The van der Waals surface area contributed by atoms with Crippen molar-refractivity contribution in [3.05, 3.63) is 84.2 Å². The molecule has 0 aliphatic heterocycles. The fourth-order valence-corrected chi connectivity index (χ4v) is 3.51. The Bertz CT molecular complexity index is 1150. The fraction of sp³-hybridized carbons (Fsp3) is 0.174. The van der Waals surface area contributed by atoms with Gasteiger partial charge in [-0.3, -0.25) is 4.79 Å². The van der Waals surface area contributed by atoms with Crippen molar-refractivity contribution in [2.45, 2.75) is 18.8 Å². The molecule has 2 aromatic carbocycles. The van der Waals surface area contributed by atoms with Gasteiger partial charge in [0.2, 0.25) is 0 Å². The van der Waals surface area contributed by atoms with Gasteiger partial charge in [-0.25, -0.2) is 9.67 Å². The van der Waals surface area contributed by atoms with Crippen molar-refractivity contribution in [1.29, 1.82) is 0 Å². The van der Waals surface area contributed by atoms with Crippen LogP contribution in [0.4, 0.5) is 5.69 Å². The normalized spacial score (nSPS) is 13.6. The van der Waals surface area contributed by atoms with Gasteiger partial charge in [-0.2, -0.15) is 5.10 Å². The first kappa shape index (κ1) is 16.7. The Hall–Kier alpha value is -3.47. The molecule has 0 saturated heterocycles. The molecule has 0 atom stereocenters. The number of aromatic nitrogens is 3. The van der Waals surface area contributed by atoms with Gasteiger partial charge < -0.3 is 4.90 Å². The smallest absolute Gasteiger partial charge is 0.259 e. The van der Waals surface area contributed by atoms with Gasteiger partial charge in [-0.15, -0.1) is 0 Å². The number of fused-ring (bicyclic) bond motifs is 1. The maximum atomic E-state index is 13.0. The summed E-state index contributed by atoms with van der Waals surface area (Å²) in [6.45, 7) is 0. The van der Waals surface area contributed by atoms with Crippen LogP contribution in [0.25, 0.3) is 16.7 Å². The Labute approximate surface area is 163 Å². The van der Waals surface area contributed by atoms with E-state index in [1.165, 1.54) is 0 Å². The number of anilines is 1. The number of para-hydroxylation sites is 2. The van der Waals surface area contributed by atoms with Crippen LogP contribution in [0.5, 0.6) is 0 Å². The Kier molecular flexibility index (Phi) is 3.93. The molecule has 138 valence electrons. The second kappa shape index (κ2) is 6.60. The molecule has 0 spiro atoms. The number of nitrogens with zero attached hydrogens (tertiary/aromatic N) is 4. The lowest BCUT2D eigenvalue weighted by atomic mass is 10.1. The average Bonchev–Trinajstić information content (AvgIpc) is 3.54. The topological polar surface area (TPSA) is 51.0 Å². The number of benzene rings is 2. The van der Waals surface area contributed by atoms with E-state index in [9.17, 15) is 4.79 Å². The Morgan fingerprint density at radius 2 is 1.71 bits per heavy atom. The minimum Gasteiger partial charge on any atom is -0.311 e. The molecular weight excluding hydrogens is 348 g/mol. The summed E-state index contributed by atoms with van der Waals surface area (Å²) in [5.41, 5.74) is 4.26. The van der Waals surface area contributed by atoms with E-state index < -0.39 is 0 Å². The molecule has 0 N–H and O–H groups in total. The van der Waals surface area contributed by atoms with Crippen molar-refractivity contribution in [1.82, 2.24) is 14.8 Å². The van der Waals surface area contributed by atoms with Crippen molar-refractivity contribution in [3.63, 3.8) is 0 Å². The quantitative estimate of drug-likeness (QED) is 0.530. The molecule has 0 radical (unpaired) electrons. The largest absolute Gasteiger partial charge is 0.311 e. The number of carbonyl (C=O) groups excluding carboxylic acids is 1. The highest BCUT2D eigenvalue weighted by molar-refractivity contribution is 6.07. The van der Waals surface area contributed by atoms with Gasteiger partial charge in [0, 0.05) is 30.2 Å². The zero-order valence-corrected chi connectivity index (χ0v) is 15.6. The van der Waals surface area contributed by atoms with Crippen molar-refractivity contribution in [2.24, 2.45) is 0 Å². The van der Waals surface area contributed by atoms with Crippen LogP contribution >= 0.6 is 0 Å². The summed E-state index contributed by atoms with van der Waals surface area (Å²) in [5, 5.41) is 5.83. The van der Waals surface area contributed by atoms with Gasteiger partial charge in [-0.05, 0) is 43.2 Å². The van der Waals surface area contributed by atoms with Crippen LogP contribution in [0.15, 0.2) is 72.9 Å². The molecule has 5 nitrogen and oxygen atoms in total. The van der Waals surface area contributed by atoms with E-state index in [2.05, 4.69) is 4.98 Å². The highest BCUT2D eigenvalue weighted by Gasteiger charge is 2.30. The number of hydrogen-bond donors (Lipinski definition) is 0. The second-order valence-electron chi connectivity index (χ2n) is 7.20. The maximum Gasteiger partial charge on any atom is 0.259 e. The van der Waals surface area contributed by atoms with E-state index in [4.69, 9.17) is 5.10 Å². The molecule has 4 aromatic rings. The molecule has 1 saturated carbocycles. The van der Waals surface area contributed by atoms with Gasteiger partial charge in [0.05, 0.1) is 16.9 Å². The predicted molar refractivity (Wildman–Crippen MR) is 110 cm³/mol. The minimum absolute atomic E-state index is 0.0743. The first-order chi connectivity index (χ1) is 13.7. The Morgan fingerprint density at radius 1 is 1.04 bits per heavy atom. The molecule has 1 fully saturated rings. The van der Waals surface area contributed by atoms with Crippen molar-refractivity contribution in [3.8, 4) is 5.69 Å². The van der Waals surface area contributed by atoms with Gasteiger partial charge in [-0.1, -0.05) is 36.4 Å². The molecule has 0 unspecified atom stereocenters. The molecule has 5 rings (SSSR count). The van der Waals surface area contributed by atoms with Gasteiger partial charge >= 0.3 is 0 Å². The van der Waals surface area contributed by atoms with Gasteiger partial charge in [0.15, 0.2) is 5.65 Å². The Balaban J connectivity index is 1.59. The monoisotopic (exact) mass is 368 g/mol. The van der Waals surface area contributed by atoms with Crippen LogP contribution in [0, 0.1) is 0 Å². The molecule has 1 aliphatic carbocycles. The van der Waals surface area contributed by atoms with E-state index in [0.29, 0.717) is 11.5 Å². The molecule has 28 heavy (non-hydrogen) atoms. The Morgan fingerprint density at radius 3 is 2.39 bits per heavy atom. The summed E-state index contributed by atoms with van der Waals surface area (Å²) >= 11 is 0. The summed E-state index contributed by atoms with van der Waals surface area (Å²) in [5.74, 6) is 0.390. The first-order valence-electron chi connectivity index (χ1n) is 9.49. The predicted octanol–water partition coefficient (Wildman–Crippen LogP) is 4.57. The van der Waals surface area contributed by atoms with E-state index in [1.807, 2.05) is 71.4 Å². The summed E-state index contributed by atoms with van der Waals surface area (Å²) in [6, 6.07) is 21.6. The lowest BCUT2D eigenvalue weighted by Gasteiger charge is -2.17. The molecule has 5 heteroatoms. The highest BCUT2D eigenvalue weighted by Crippen LogP contribution is 2.42. The third-order valence-corrected chi connectivity index (χ3v) is 5.21. The van der Waals surface area contributed by atoms with Crippen LogP contribution in [0.2, 0.25) is 0 Å². The summed E-state index contributed by atoms with van der Waals surface area (Å²) in [4.78, 5) is 19.3. The van der Waals surface area contributed by atoms with Crippen LogP contribution in [-0.2, 0) is 0 Å². The number of rotatable bonds is 4. The third kappa shape index (κ3) is 2.85. The van der Waals surface area contributed by atoms with E-state index >= 15 is 0 Å². The van der Waals surface area contributed by atoms with Crippen LogP contribution in [0.3, 0.4) is 0 Å². The zero-order chi connectivity index (χ0) is 19.1. The summed E-state index contributed by atoms with van der Waals surface area (Å²) in [6.07, 6.45) is 3.94. The van der Waals surface area contributed by atoms with Crippen LogP contribution in [-0.4, -0.2) is 27.7 Å². The van der Waals surface area contributed by atoms with Crippen molar-refractivity contribution >= 4 is 22.6 Å². The third-order valence-electron chi connectivity index (χ3n) is 5.21. The van der Waals surface area contributed by atoms with Gasteiger partial charge in [0.25, 0.3) is 5.91 Å². The van der Waals surface area contributed by atoms with Crippen LogP contribution < -0.4 is 4.90 Å². The summed E-state index contributed by atoms with van der Waals surface area (Å²) < 4.78 is 1.89. The molecule has 1 amide bonds. The number of hydrogen-bond acceptors (Lipinski definition) is 3. The molecule has 2 aromatic heterocycles. The molecular formula is C23H20N4O. The zero-order valence-electron chi connectivity index (χ0n) is 15.6. The first-order valence-corrected chi connectivity index (χ1v) is 9.49. The van der Waals surface area contributed by atoms with Crippen LogP contribution in [0.1, 0.15) is 34.8 Å². The minimum atomic E-state index is -0.0743.